The summed E-state index contributed by atoms with van der Waals surface area (Å²) in [4.78, 5) is 0.660. The van der Waals surface area contributed by atoms with Crippen LogP contribution in [-0.2, 0) is 10.0 Å². The normalized spacial score (nSPS) is 12.8. The fourth-order valence-electron chi connectivity index (χ4n) is 3.44. The van der Waals surface area contributed by atoms with Crippen LogP contribution in [0.15, 0.2) is 75.7 Å². The third-order valence-electron chi connectivity index (χ3n) is 5.06. The number of nitrogens with one attached hydrogen (secondary N) is 1. The summed E-state index contributed by atoms with van der Waals surface area (Å²) in [5, 5.41) is 9.10. The number of benzene rings is 2. The molecule has 1 atom stereocenters. The SMILES string of the molecule is C[C@@H](COc1cc2cnn(-c3ccc(F)cc3)c2cc1Cl)NS(=O)(=O)c1ccc(-c2ccno2)s1. The highest BCUT2D eigenvalue weighted by atomic mass is 35.5. The molecule has 1 N–H and O–H groups in total. The molecule has 0 radical (unpaired) electrons. The van der Waals surface area contributed by atoms with Crippen molar-refractivity contribution in [2.24, 2.45) is 0 Å². The van der Waals surface area contributed by atoms with Crippen molar-refractivity contribution in [3.8, 4) is 22.1 Å². The Bertz CT molecular complexity index is 1580. The molecule has 0 aliphatic heterocycles. The zero-order valence-corrected chi connectivity index (χ0v) is 20.6. The monoisotopic (exact) mass is 532 g/mol. The second-order valence-electron chi connectivity index (χ2n) is 7.70. The van der Waals surface area contributed by atoms with Crippen LogP contribution in [0.2, 0.25) is 5.02 Å². The van der Waals surface area contributed by atoms with Gasteiger partial charge in [-0.3, -0.25) is 0 Å². The predicted molar refractivity (Wildman–Crippen MR) is 131 cm³/mol. The minimum absolute atomic E-state index is 0.0525. The number of aromatic nitrogens is 3. The first-order chi connectivity index (χ1) is 16.8. The maximum Gasteiger partial charge on any atom is 0.250 e. The summed E-state index contributed by atoms with van der Waals surface area (Å²) in [7, 11) is -3.76. The summed E-state index contributed by atoms with van der Waals surface area (Å²) in [6.07, 6.45) is 3.15. The molecule has 0 aliphatic carbocycles. The summed E-state index contributed by atoms with van der Waals surface area (Å²) in [5.41, 5.74) is 1.41. The van der Waals surface area contributed by atoms with Crippen LogP contribution in [0.5, 0.6) is 5.75 Å². The van der Waals surface area contributed by atoms with E-state index in [0.717, 1.165) is 22.2 Å². The summed E-state index contributed by atoms with van der Waals surface area (Å²) in [5.74, 6) is 0.561. The molecule has 0 unspecified atom stereocenters. The van der Waals surface area contributed by atoms with Gasteiger partial charge in [-0.15, -0.1) is 11.3 Å². The van der Waals surface area contributed by atoms with Gasteiger partial charge in [0.25, 0.3) is 0 Å². The first-order valence-corrected chi connectivity index (χ1v) is 13.1. The fraction of sp³-hybridized carbons (Fsp3) is 0.130. The molecule has 0 fully saturated rings. The molecule has 2 aromatic carbocycles. The van der Waals surface area contributed by atoms with Crippen molar-refractivity contribution in [1.29, 1.82) is 0 Å². The van der Waals surface area contributed by atoms with E-state index in [1.807, 2.05) is 0 Å². The lowest BCUT2D eigenvalue weighted by molar-refractivity contribution is 0.288. The van der Waals surface area contributed by atoms with Gasteiger partial charge in [-0.25, -0.2) is 22.2 Å². The highest BCUT2D eigenvalue weighted by Crippen LogP contribution is 2.32. The Kier molecular flexibility index (Phi) is 6.32. The minimum Gasteiger partial charge on any atom is -0.490 e. The average molecular weight is 533 g/mol. The van der Waals surface area contributed by atoms with Crippen LogP contribution in [0.3, 0.4) is 0 Å². The molecule has 0 aliphatic rings. The van der Waals surface area contributed by atoms with Crippen LogP contribution in [0.1, 0.15) is 6.92 Å². The van der Waals surface area contributed by atoms with Gasteiger partial charge in [-0.2, -0.15) is 5.10 Å². The molecule has 0 spiro atoms. The van der Waals surface area contributed by atoms with Gasteiger partial charge in [0.15, 0.2) is 5.76 Å². The zero-order chi connectivity index (χ0) is 24.6. The van der Waals surface area contributed by atoms with E-state index in [-0.39, 0.29) is 16.6 Å². The number of halogens is 2. The molecule has 12 heteroatoms. The van der Waals surface area contributed by atoms with Gasteiger partial charge in [-0.05, 0) is 55.5 Å². The van der Waals surface area contributed by atoms with Gasteiger partial charge in [0.05, 0.1) is 39.5 Å². The number of sulfonamides is 1. The summed E-state index contributed by atoms with van der Waals surface area (Å²) in [6, 6.07) is 13.7. The van der Waals surface area contributed by atoms with Crippen LogP contribution < -0.4 is 9.46 Å². The zero-order valence-electron chi connectivity index (χ0n) is 18.2. The summed E-state index contributed by atoms with van der Waals surface area (Å²) >= 11 is 7.51. The third kappa shape index (κ3) is 4.94. The van der Waals surface area contributed by atoms with E-state index >= 15 is 0 Å². The number of fused-ring (bicyclic) bond motifs is 1. The van der Waals surface area contributed by atoms with Crippen LogP contribution in [0.25, 0.3) is 27.2 Å². The second kappa shape index (κ2) is 9.42. The standard InChI is InChI=1S/C23H18ClFN4O4S2/c1-14(28-35(30,31)23-7-6-22(34-23)20-8-9-27-33-20)13-32-21-10-15-12-26-29(19(15)11-18(21)24)17-4-2-16(25)3-5-17/h2-12,14,28H,13H2,1H3/t14-/m0/s1. The van der Waals surface area contributed by atoms with Crippen molar-refractivity contribution in [2.45, 2.75) is 17.2 Å². The van der Waals surface area contributed by atoms with Crippen molar-refractivity contribution in [3.63, 3.8) is 0 Å². The average Bonchev–Trinajstić information content (AvgIpc) is 3.58. The van der Waals surface area contributed by atoms with Crippen LogP contribution in [0, 0.1) is 5.82 Å². The van der Waals surface area contributed by atoms with Crippen LogP contribution in [0.4, 0.5) is 4.39 Å². The molecule has 8 nitrogen and oxygen atoms in total. The lowest BCUT2D eigenvalue weighted by Gasteiger charge is -2.15. The Balaban J connectivity index is 1.27. The molecule has 5 rings (SSSR count). The molecule has 5 aromatic rings. The highest BCUT2D eigenvalue weighted by molar-refractivity contribution is 7.91. The van der Waals surface area contributed by atoms with Gasteiger partial charge in [0.1, 0.15) is 22.4 Å². The molecule has 0 saturated carbocycles. The molecule has 35 heavy (non-hydrogen) atoms. The maximum atomic E-state index is 13.3. The Labute approximate surface area is 208 Å². The van der Waals surface area contributed by atoms with Crippen LogP contribution in [-0.4, -0.2) is 36.0 Å². The number of nitrogens with zero attached hydrogens (tertiary/aromatic N) is 3. The van der Waals surface area contributed by atoms with E-state index in [1.54, 1.807) is 54.2 Å². The molecule has 0 amide bonds. The fourth-order valence-corrected chi connectivity index (χ4v) is 6.16. The number of hydrogen-bond donors (Lipinski definition) is 1. The first-order valence-electron chi connectivity index (χ1n) is 10.4. The predicted octanol–water partition coefficient (Wildman–Crippen LogP) is 5.28. The van der Waals surface area contributed by atoms with Crippen molar-refractivity contribution in [1.82, 2.24) is 19.7 Å². The summed E-state index contributed by atoms with van der Waals surface area (Å²) in [6.45, 7) is 1.75. The third-order valence-corrected chi connectivity index (χ3v) is 8.54. The lowest BCUT2D eigenvalue weighted by Crippen LogP contribution is -2.36. The quantitative estimate of drug-likeness (QED) is 0.292. The van der Waals surface area contributed by atoms with Gasteiger partial charge in [0, 0.05) is 11.5 Å². The Morgan fingerprint density at radius 2 is 2.00 bits per heavy atom. The van der Waals surface area contributed by atoms with Crippen LogP contribution >= 0.6 is 22.9 Å². The van der Waals surface area contributed by atoms with Gasteiger partial charge in [0.2, 0.25) is 10.0 Å². The second-order valence-corrected chi connectivity index (χ2v) is 11.1. The van der Waals surface area contributed by atoms with Crippen molar-refractivity contribution in [2.75, 3.05) is 6.61 Å². The van der Waals surface area contributed by atoms with E-state index in [4.69, 9.17) is 20.9 Å². The number of ether oxygens (including phenoxy) is 1. The number of thiophene rings is 1. The molecular formula is C23H18ClFN4O4S2. The Morgan fingerprint density at radius 3 is 2.74 bits per heavy atom. The van der Waals surface area contributed by atoms with Gasteiger partial charge >= 0.3 is 0 Å². The maximum absolute atomic E-state index is 13.3. The van der Waals surface area contributed by atoms with Gasteiger partial charge < -0.3 is 9.26 Å². The van der Waals surface area contributed by atoms with Crippen molar-refractivity contribution >= 4 is 43.9 Å². The number of hydrogen-bond acceptors (Lipinski definition) is 7. The first kappa shape index (κ1) is 23.5. The Hall–Kier alpha value is -3.25. The molecule has 0 bridgehead atoms. The topological polar surface area (TPSA) is 99.2 Å². The van der Waals surface area contributed by atoms with E-state index in [2.05, 4.69) is 15.0 Å². The van der Waals surface area contributed by atoms with Crippen molar-refractivity contribution in [3.05, 3.63) is 77.8 Å². The summed E-state index contributed by atoms with van der Waals surface area (Å²) < 4.78 is 54.1. The largest absolute Gasteiger partial charge is 0.490 e. The Morgan fingerprint density at radius 1 is 1.20 bits per heavy atom. The lowest BCUT2D eigenvalue weighted by atomic mass is 10.2. The smallest absolute Gasteiger partial charge is 0.250 e. The van der Waals surface area contributed by atoms with Gasteiger partial charge in [-0.1, -0.05) is 16.8 Å². The molecule has 0 saturated heterocycles. The van der Waals surface area contributed by atoms with E-state index in [1.165, 1.54) is 24.4 Å². The molecule has 3 aromatic heterocycles. The van der Waals surface area contributed by atoms with E-state index in [9.17, 15) is 12.8 Å². The van der Waals surface area contributed by atoms with Crippen molar-refractivity contribution < 1.29 is 22.1 Å². The molecule has 180 valence electrons. The highest BCUT2D eigenvalue weighted by Gasteiger charge is 2.21. The van der Waals surface area contributed by atoms with E-state index in [0.29, 0.717) is 27.1 Å². The minimum atomic E-state index is -3.76. The molecule has 3 heterocycles. The number of rotatable bonds is 8. The molecular weight excluding hydrogens is 515 g/mol. The van der Waals surface area contributed by atoms with E-state index < -0.39 is 16.1 Å².